The summed E-state index contributed by atoms with van der Waals surface area (Å²) in [7, 11) is 0. The molecule has 0 saturated carbocycles. The summed E-state index contributed by atoms with van der Waals surface area (Å²) in [5.41, 5.74) is 1.48. The highest BCUT2D eigenvalue weighted by Crippen LogP contribution is 2.35. The number of anilines is 1. The Balaban J connectivity index is 1.93. The quantitative estimate of drug-likeness (QED) is 0.628. The zero-order valence-electron chi connectivity index (χ0n) is 10.4. The van der Waals surface area contributed by atoms with Crippen LogP contribution in [0.2, 0.25) is 0 Å². The van der Waals surface area contributed by atoms with Gasteiger partial charge in [0.1, 0.15) is 0 Å². The number of thioether (sulfide) groups is 1. The van der Waals surface area contributed by atoms with Crippen molar-refractivity contribution in [3.05, 3.63) is 45.5 Å². The fraction of sp³-hybridized carbons (Fsp3) is 0.0769. The van der Waals surface area contributed by atoms with Crippen LogP contribution in [0.15, 0.2) is 34.8 Å². The Hall–Kier alpha value is -1.57. The molecular weight excluding hydrogens is 310 g/mol. The summed E-state index contributed by atoms with van der Waals surface area (Å²) >= 11 is 8.12. The summed E-state index contributed by atoms with van der Waals surface area (Å²) in [5.74, 6) is -0.126. The van der Waals surface area contributed by atoms with Crippen LogP contribution >= 0.6 is 35.3 Å². The molecular formula is C13H9N3OS3. The van der Waals surface area contributed by atoms with E-state index in [1.54, 1.807) is 35.9 Å². The number of rotatable bonds is 2. The van der Waals surface area contributed by atoms with Gasteiger partial charge in [-0.05, 0) is 25.1 Å². The fourth-order valence-electron chi connectivity index (χ4n) is 1.76. The maximum atomic E-state index is 12.4. The molecule has 0 spiro atoms. The topological polar surface area (TPSA) is 46.1 Å². The van der Waals surface area contributed by atoms with Crippen molar-refractivity contribution in [1.82, 2.24) is 9.97 Å². The highest BCUT2D eigenvalue weighted by molar-refractivity contribution is 8.27. The summed E-state index contributed by atoms with van der Waals surface area (Å²) in [6.45, 7) is 1.93. The lowest BCUT2D eigenvalue weighted by Gasteiger charge is -2.13. The van der Waals surface area contributed by atoms with E-state index in [9.17, 15) is 4.79 Å². The molecule has 0 unspecified atom stereocenters. The Morgan fingerprint density at radius 3 is 2.95 bits per heavy atom. The molecule has 3 rings (SSSR count). The molecule has 0 aromatic carbocycles. The lowest BCUT2D eigenvalue weighted by Crippen LogP contribution is -2.27. The second kappa shape index (κ2) is 5.43. The minimum atomic E-state index is -0.126. The lowest BCUT2D eigenvalue weighted by molar-refractivity contribution is -0.113. The van der Waals surface area contributed by atoms with Gasteiger partial charge in [0, 0.05) is 11.6 Å². The normalized spacial score (nSPS) is 17.2. The van der Waals surface area contributed by atoms with Crippen molar-refractivity contribution < 1.29 is 4.79 Å². The van der Waals surface area contributed by atoms with Crippen molar-refractivity contribution in [2.45, 2.75) is 6.92 Å². The zero-order chi connectivity index (χ0) is 14.1. The number of aryl methyl sites for hydroxylation is 1. The molecule has 3 heterocycles. The second-order valence-corrected chi connectivity index (χ2v) is 6.76. The average molecular weight is 319 g/mol. The van der Waals surface area contributed by atoms with Crippen LogP contribution in [0.4, 0.5) is 5.69 Å². The third-order valence-corrected chi connectivity index (χ3v) is 4.71. The Morgan fingerprint density at radius 1 is 1.45 bits per heavy atom. The van der Waals surface area contributed by atoms with Crippen molar-refractivity contribution in [1.29, 1.82) is 0 Å². The first-order valence-electron chi connectivity index (χ1n) is 5.75. The molecule has 1 amide bonds. The minimum absolute atomic E-state index is 0.126. The van der Waals surface area contributed by atoms with E-state index in [1.807, 2.05) is 18.4 Å². The Labute approximate surface area is 129 Å². The number of carbonyl (C=O) groups excluding carboxylic acids is 1. The highest BCUT2D eigenvalue weighted by Gasteiger charge is 2.33. The molecule has 7 heteroatoms. The second-order valence-electron chi connectivity index (χ2n) is 4.02. The van der Waals surface area contributed by atoms with Gasteiger partial charge in [-0.15, -0.1) is 11.3 Å². The first kappa shape index (κ1) is 13.4. The molecule has 1 aliphatic heterocycles. The standard InChI is InChI=1S/C13H9N3OS3/c1-8-15-9(7-19-8)5-11-12(17)16(13(18)20-11)10-3-2-4-14-6-10/h2-7H,1H3/b11-5-. The predicted octanol–water partition coefficient (Wildman–Crippen LogP) is 3.25. The Morgan fingerprint density at radius 2 is 2.30 bits per heavy atom. The van der Waals surface area contributed by atoms with Crippen LogP contribution in [0.1, 0.15) is 10.7 Å². The van der Waals surface area contributed by atoms with Gasteiger partial charge in [-0.25, -0.2) is 4.98 Å². The number of hydrogen-bond donors (Lipinski definition) is 0. The van der Waals surface area contributed by atoms with Gasteiger partial charge in [0.05, 0.1) is 27.5 Å². The largest absolute Gasteiger partial charge is 0.270 e. The van der Waals surface area contributed by atoms with Crippen molar-refractivity contribution in [2.75, 3.05) is 4.90 Å². The summed E-state index contributed by atoms with van der Waals surface area (Å²) < 4.78 is 0.515. The van der Waals surface area contributed by atoms with Gasteiger partial charge in [-0.1, -0.05) is 24.0 Å². The third kappa shape index (κ3) is 2.52. The van der Waals surface area contributed by atoms with E-state index in [1.165, 1.54) is 16.7 Å². The van der Waals surface area contributed by atoms with Crippen molar-refractivity contribution >= 4 is 57.3 Å². The Bertz CT molecular complexity index is 709. The molecule has 4 nitrogen and oxygen atoms in total. The molecule has 1 aliphatic rings. The molecule has 0 radical (unpaired) electrons. The summed E-state index contributed by atoms with van der Waals surface area (Å²) in [5, 5.41) is 2.89. The molecule has 0 N–H and O–H groups in total. The number of carbonyl (C=O) groups is 1. The van der Waals surface area contributed by atoms with Gasteiger partial charge >= 0.3 is 0 Å². The summed E-state index contributed by atoms with van der Waals surface area (Å²) in [6, 6.07) is 3.59. The van der Waals surface area contributed by atoms with Gasteiger partial charge in [-0.2, -0.15) is 0 Å². The summed E-state index contributed by atoms with van der Waals surface area (Å²) in [4.78, 5) is 22.9. The summed E-state index contributed by atoms with van der Waals surface area (Å²) in [6.07, 6.45) is 5.06. The smallest absolute Gasteiger partial charge is 0.268 e. The fourth-order valence-corrected chi connectivity index (χ4v) is 3.61. The maximum Gasteiger partial charge on any atom is 0.270 e. The molecule has 20 heavy (non-hydrogen) atoms. The van der Waals surface area contributed by atoms with Crippen LogP contribution < -0.4 is 4.90 Å². The van der Waals surface area contributed by atoms with E-state index >= 15 is 0 Å². The van der Waals surface area contributed by atoms with Gasteiger partial charge in [-0.3, -0.25) is 14.7 Å². The van der Waals surface area contributed by atoms with E-state index in [-0.39, 0.29) is 5.91 Å². The third-order valence-electron chi connectivity index (χ3n) is 2.61. The Kier molecular flexibility index (Phi) is 3.64. The predicted molar refractivity (Wildman–Crippen MR) is 86.7 cm³/mol. The van der Waals surface area contributed by atoms with Crippen LogP contribution in [0.25, 0.3) is 6.08 Å². The van der Waals surface area contributed by atoms with Crippen molar-refractivity contribution in [3.8, 4) is 0 Å². The van der Waals surface area contributed by atoms with Crippen LogP contribution in [0.3, 0.4) is 0 Å². The zero-order valence-corrected chi connectivity index (χ0v) is 12.9. The van der Waals surface area contributed by atoms with Gasteiger partial charge < -0.3 is 0 Å². The molecule has 0 aliphatic carbocycles. The van der Waals surface area contributed by atoms with Gasteiger partial charge in [0.2, 0.25) is 0 Å². The molecule has 2 aromatic heterocycles. The first-order valence-corrected chi connectivity index (χ1v) is 7.86. The van der Waals surface area contributed by atoms with Crippen LogP contribution in [0.5, 0.6) is 0 Å². The molecule has 0 atom stereocenters. The molecule has 0 bridgehead atoms. The van der Waals surface area contributed by atoms with Crippen LogP contribution in [-0.4, -0.2) is 20.2 Å². The van der Waals surface area contributed by atoms with Gasteiger partial charge in [0.15, 0.2) is 4.32 Å². The van der Waals surface area contributed by atoms with Crippen molar-refractivity contribution in [2.24, 2.45) is 0 Å². The monoisotopic (exact) mass is 319 g/mol. The van der Waals surface area contributed by atoms with Crippen LogP contribution in [-0.2, 0) is 4.79 Å². The SMILES string of the molecule is Cc1nc(/C=C2\SC(=S)N(c3cccnc3)C2=O)cs1. The minimum Gasteiger partial charge on any atom is -0.268 e. The van der Waals surface area contributed by atoms with Gasteiger partial charge in [0.25, 0.3) is 5.91 Å². The molecule has 2 aromatic rings. The number of hydrogen-bond acceptors (Lipinski definition) is 6. The molecule has 1 fully saturated rings. The number of thiazole rings is 1. The first-order chi connectivity index (χ1) is 9.65. The van der Waals surface area contributed by atoms with E-state index in [4.69, 9.17) is 12.2 Å². The van der Waals surface area contributed by atoms with E-state index < -0.39 is 0 Å². The van der Waals surface area contributed by atoms with Crippen molar-refractivity contribution in [3.63, 3.8) is 0 Å². The molecule has 100 valence electrons. The number of amides is 1. The van der Waals surface area contributed by atoms with Crippen LogP contribution in [0, 0.1) is 6.92 Å². The average Bonchev–Trinajstić information content (AvgIpc) is 2.96. The van der Waals surface area contributed by atoms with E-state index in [2.05, 4.69) is 9.97 Å². The number of nitrogens with zero attached hydrogens (tertiary/aromatic N) is 3. The maximum absolute atomic E-state index is 12.4. The number of pyridine rings is 1. The number of aromatic nitrogens is 2. The molecule has 1 saturated heterocycles. The number of thiocarbonyl (C=S) groups is 1. The highest BCUT2D eigenvalue weighted by atomic mass is 32.2. The lowest BCUT2D eigenvalue weighted by atomic mass is 10.3. The van der Waals surface area contributed by atoms with E-state index in [0.29, 0.717) is 14.9 Å². The van der Waals surface area contributed by atoms with E-state index in [0.717, 1.165) is 10.7 Å².